The van der Waals surface area contributed by atoms with Crippen molar-refractivity contribution < 1.29 is 9.90 Å². The fourth-order valence-electron chi connectivity index (χ4n) is 3.24. The van der Waals surface area contributed by atoms with Gasteiger partial charge in [-0.3, -0.25) is 14.8 Å². The van der Waals surface area contributed by atoms with Gasteiger partial charge >= 0.3 is 0 Å². The molecule has 2 heterocycles. The first-order chi connectivity index (χ1) is 11.6. The lowest BCUT2D eigenvalue weighted by molar-refractivity contribution is 0.0988. The highest BCUT2D eigenvalue weighted by Gasteiger charge is 2.42. The van der Waals surface area contributed by atoms with E-state index in [0.717, 1.165) is 28.1 Å². The summed E-state index contributed by atoms with van der Waals surface area (Å²) in [5.41, 5.74) is 5.15. The van der Waals surface area contributed by atoms with Crippen LogP contribution in [0.1, 0.15) is 38.9 Å². The van der Waals surface area contributed by atoms with Crippen LogP contribution in [0.25, 0.3) is 0 Å². The number of nitrogens with one attached hydrogen (secondary N) is 1. The van der Waals surface area contributed by atoms with Crippen LogP contribution in [-0.2, 0) is 0 Å². The lowest BCUT2D eigenvalue weighted by Gasteiger charge is -2.26. The maximum Gasteiger partial charge on any atom is 0.279 e. The topological polar surface area (TPSA) is 69.2 Å². The number of carbonyl (C=O) groups excluding carboxylic acids is 1. The molecule has 1 aromatic heterocycles. The van der Waals surface area contributed by atoms with E-state index in [1.54, 1.807) is 17.0 Å². The van der Waals surface area contributed by atoms with E-state index in [1.807, 2.05) is 50.2 Å². The van der Waals surface area contributed by atoms with E-state index in [2.05, 4.69) is 10.2 Å². The molecule has 5 nitrogen and oxygen atoms in total. The number of hydrogen-bond donors (Lipinski definition) is 2. The van der Waals surface area contributed by atoms with Crippen LogP contribution >= 0.6 is 0 Å². The second kappa shape index (κ2) is 5.23. The number of fused-ring (bicyclic) bond motifs is 1. The van der Waals surface area contributed by atoms with Crippen LogP contribution in [0.5, 0.6) is 5.75 Å². The Kier molecular flexibility index (Phi) is 3.16. The molecule has 0 saturated heterocycles. The van der Waals surface area contributed by atoms with Gasteiger partial charge in [0.2, 0.25) is 0 Å². The Morgan fingerprint density at radius 1 is 1.04 bits per heavy atom. The Bertz CT molecular complexity index is 911. The first-order valence-corrected chi connectivity index (χ1v) is 7.80. The summed E-state index contributed by atoms with van der Waals surface area (Å²) >= 11 is 0. The number of benzene rings is 2. The monoisotopic (exact) mass is 319 g/mol. The Morgan fingerprint density at radius 3 is 2.38 bits per heavy atom. The van der Waals surface area contributed by atoms with Gasteiger partial charge in [-0.25, -0.2) is 0 Å². The second-order valence-corrected chi connectivity index (χ2v) is 6.12. The molecular formula is C19H17N3O2. The van der Waals surface area contributed by atoms with Gasteiger partial charge in [0, 0.05) is 16.9 Å². The number of aromatic hydroxyl groups is 1. The largest absolute Gasteiger partial charge is 0.508 e. The van der Waals surface area contributed by atoms with Gasteiger partial charge in [0.1, 0.15) is 5.75 Å². The molecule has 1 aliphatic rings. The highest BCUT2D eigenvalue weighted by Crippen LogP contribution is 2.42. The molecule has 3 aromatic rings. The third-order valence-electron chi connectivity index (χ3n) is 4.47. The maximum absolute atomic E-state index is 12.9. The summed E-state index contributed by atoms with van der Waals surface area (Å²) in [5, 5.41) is 16.7. The van der Waals surface area contributed by atoms with E-state index < -0.39 is 0 Å². The first kappa shape index (κ1) is 14.5. The number of H-pyrrole nitrogens is 1. The standard InChI is InChI=1S/C19H17N3O2/c1-11-3-7-14(8-4-11)22-18(13-5-9-15(23)10-6-13)16-12(2)20-21-17(16)19(22)24/h3-10,18,23H,1-2H3,(H,20,21)/t18-/m0/s1. The normalized spacial score (nSPS) is 16.5. The van der Waals surface area contributed by atoms with Gasteiger partial charge in [0.15, 0.2) is 5.69 Å². The van der Waals surface area contributed by atoms with Crippen molar-refractivity contribution in [2.24, 2.45) is 0 Å². The highest BCUT2D eigenvalue weighted by atomic mass is 16.3. The van der Waals surface area contributed by atoms with Crippen molar-refractivity contribution in [1.82, 2.24) is 10.2 Å². The Labute approximate surface area is 139 Å². The van der Waals surface area contributed by atoms with E-state index in [4.69, 9.17) is 0 Å². The first-order valence-electron chi connectivity index (χ1n) is 7.80. The molecule has 2 N–H and O–H groups in total. The zero-order chi connectivity index (χ0) is 16.8. The number of phenols is 1. The second-order valence-electron chi connectivity index (χ2n) is 6.12. The van der Waals surface area contributed by atoms with Crippen molar-refractivity contribution in [1.29, 1.82) is 0 Å². The summed E-state index contributed by atoms with van der Waals surface area (Å²) in [5.74, 6) is 0.0883. The molecule has 0 fully saturated rings. The zero-order valence-corrected chi connectivity index (χ0v) is 13.4. The fraction of sp³-hybridized carbons (Fsp3) is 0.158. The number of aromatic amines is 1. The van der Waals surface area contributed by atoms with Gasteiger partial charge in [-0.05, 0) is 43.7 Å². The van der Waals surface area contributed by atoms with Crippen LogP contribution in [0, 0.1) is 13.8 Å². The number of phenolic OH excluding ortho intramolecular Hbond substituents is 1. The molecule has 0 aliphatic carbocycles. The highest BCUT2D eigenvalue weighted by molar-refractivity contribution is 6.10. The maximum atomic E-state index is 12.9. The third kappa shape index (κ3) is 2.09. The molecule has 0 radical (unpaired) electrons. The van der Waals surface area contributed by atoms with E-state index in [0.29, 0.717) is 5.69 Å². The molecule has 1 amide bonds. The SMILES string of the molecule is Cc1ccc(N2C(=O)c3n[nH]c(C)c3[C@@H]2c2ccc(O)cc2)cc1. The molecule has 0 unspecified atom stereocenters. The summed E-state index contributed by atoms with van der Waals surface area (Å²) in [6, 6.07) is 14.6. The van der Waals surface area contributed by atoms with Gasteiger partial charge < -0.3 is 5.11 Å². The minimum Gasteiger partial charge on any atom is -0.508 e. The number of aromatic nitrogens is 2. The van der Waals surface area contributed by atoms with E-state index in [9.17, 15) is 9.90 Å². The minimum atomic E-state index is -0.255. The number of aryl methyl sites for hydroxylation is 2. The molecular weight excluding hydrogens is 302 g/mol. The average molecular weight is 319 g/mol. The lowest BCUT2D eigenvalue weighted by atomic mass is 9.98. The van der Waals surface area contributed by atoms with Gasteiger partial charge in [-0.1, -0.05) is 29.8 Å². The lowest BCUT2D eigenvalue weighted by Crippen LogP contribution is -2.29. The van der Waals surface area contributed by atoms with Crippen LogP contribution in [-0.4, -0.2) is 21.2 Å². The number of carbonyl (C=O) groups is 1. The fourth-order valence-corrected chi connectivity index (χ4v) is 3.24. The Balaban J connectivity index is 1.89. The van der Waals surface area contributed by atoms with Crippen LogP contribution in [0.4, 0.5) is 5.69 Å². The number of amides is 1. The molecule has 1 aliphatic heterocycles. The van der Waals surface area contributed by atoms with Crippen LogP contribution in [0.3, 0.4) is 0 Å². The molecule has 0 bridgehead atoms. The molecule has 0 spiro atoms. The molecule has 24 heavy (non-hydrogen) atoms. The van der Waals surface area contributed by atoms with E-state index in [-0.39, 0.29) is 17.7 Å². The summed E-state index contributed by atoms with van der Waals surface area (Å²) in [7, 11) is 0. The van der Waals surface area contributed by atoms with Gasteiger partial charge in [-0.15, -0.1) is 0 Å². The van der Waals surface area contributed by atoms with Crippen molar-refractivity contribution in [3.8, 4) is 5.75 Å². The Hall–Kier alpha value is -3.08. The quantitative estimate of drug-likeness (QED) is 0.760. The number of rotatable bonds is 2. The van der Waals surface area contributed by atoms with Crippen molar-refractivity contribution in [2.75, 3.05) is 4.90 Å². The summed E-state index contributed by atoms with van der Waals surface area (Å²) in [4.78, 5) is 14.7. The number of nitrogens with zero attached hydrogens (tertiary/aromatic N) is 2. The number of hydrogen-bond acceptors (Lipinski definition) is 3. The van der Waals surface area contributed by atoms with Gasteiger partial charge in [-0.2, -0.15) is 5.10 Å². The molecule has 1 atom stereocenters. The molecule has 120 valence electrons. The molecule has 4 rings (SSSR count). The Morgan fingerprint density at radius 2 is 1.71 bits per heavy atom. The minimum absolute atomic E-state index is 0.115. The van der Waals surface area contributed by atoms with Crippen molar-refractivity contribution >= 4 is 11.6 Å². The predicted molar refractivity (Wildman–Crippen MR) is 91.3 cm³/mol. The zero-order valence-electron chi connectivity index (χ0n) is 13.4. The van der Waals surface area contributed by atoms with Crippen molar-refractivity contribution in [3.05, 3.63) is 76.6 Å². The molecule has 5 heteroatoms. The average Bonchev–Trinajstić information content (AvgIpc) is 3.09. The summed E-state index contributed by atoms with van der Waals surface area (Å²) < 4.78 is 0. The van der Waals surface area contributed by atoms with Gasteiger partial charge in [0.25, 0.3) is 5.91 Å². The summed E-state index contributed by atoms with van der Waals surface area (Å²) in [6.45, 7) is 3.94. The van der Waals surface area contributed by atoms with Crippen LogP contribution < -0.4 is 4.90 Å². The van der Waals surface area contributed by atoms with E-state index >= 15 is 0 Å². The van der Waals surface area contributed by atoms with Crippen LogP contribution in [0.2, 0.25) is 0 Å². The van der Waals surface area contributed by atoms with Gasteiger partial charge in [0.05, 0.1) is 6.04 Å². The smallest absolute Gasteiger partial charge is 0.279 e. The predicted octanol–water partition coefficient (Wildman–Crippen LogP) is 3.48. The van der Waals surface area contributed by atoms with E-state index in [1.165, 1.54) is 0 Å². The summed E-state index contributed by atoms with van der Waals surface area (Å²) in [6.07, 6.45) is 0. The van der Waals surface area contributed by atoms with Crippen molar-refractivity contribution in [3.63, 3.8) is 0 Å². The molecule has 0 saturated carbocycles. The number of anilines is 1. The third-order valence-corrected chi connectivity index (χ3v) is 4.47. The van der Waals surface area contributed by atoms with Crippen LogP contribution in [0.15, 0.2) is 48.5 Å². The molecule has 2 aromatic carbocycles. The van der Waals surface area contributed by atoms with Crippen molar-refractivity contribution in [2.45, 2.75) is 19.9 Å².